The van der Waals surface area contributed by atoms with Gasteiger partial charge >= 0.3 is 0 Å². The second-order valence-electron chi connectivity index (χ2n) is 13.8. The first-order valence-corrected chi connectivity index (χ1v) is 21.9. The zero-order valence-electron chi connectivity index (χ0n) is 37.8. The Morgan fingerprint density at radius 3 is 1.94 bits per heavy atom. The lowest BCUT2D eigenvalue weighted by Gasteiger charge is -2.28. The van der Waals surface area contributed by atoms with Gasteiger partial charge < -0.3 is 64.4 Å². The van der Waals surface area contributed by atoms with Crippen LogP contribution in [0.15, 0.2) is 35.1 Å². The van der Waals surface area contributed by atoms with Crippen molar-refractivity contribution in [1.29, 1.82) is 0 Å². The van der Waals surface area contributed by atoms with Crippen LogP contribution in [0.3, 0.4) is 0 Å². The number of nitrogens with zero attached hydrogens (tertiary/aromatic N) is 8. The highest BCUT2D eigenvalue weighted by molar-refractivity contribution is 5.99. The number of aromatic nitrogens is 7. The molecule has 0 saturated carbocycles. The molecule has 0 spiro atoms. The van der Waals surface area contributed by atoms with E-state index in [1.54, 1.807) is 16.9 Å². The molecule has 1 amide bonds. The van der Waals surface area contributed by atoms with Crippen molar-refractivity contribution in [1.82, 2.24) is 39.6 Å². The van der Waals surface area contributed by atoms with Gasteiger partial charge in [0.15, 0.2) is 11.2 Å². The molecule has 5 aromatic rings. The van der Waals surface area contributed by atoms with Crippen LogP contribution in [-0.4, -0.2) is 164 Å². The SMILES string of the molecule is CCOCCC(=O)N1CCc2nc(Cn3nc(-c4ccc5oc(N)nc5c4)c4c(N)ncnc43)ncc2C1.CCOCCOCCOCCN.CCOCCOCCOCCOCC. The molecule has 0 saturated heterocycles. The summed E-state index contributed by atoms with van der Waals surface area (Å²) >= 11 is 0. The maximum absolute atomic E-state index is 12.5. The minimum atomic E-state index is 0.0764. The molecule has 64 heavy (non-hydrogen) atoms. The molecule has 1 aliphatic rings. The Morgan fingerprint density at radius 2 is 1.33 bits per heavy atom. The zero-order chi connectivity index (χ0) is 45.8. The number of nitrogens with two attached hydrogens (primary N) is 3. The third kappa shape index (κ3) is 17.5. The summed E-state index contributed by atoms with van der Waals surface area (Å²) in [6.45, 7) is 20.0. The predicted octanol–water partition coefficient (Wildman–Crippen LogP) is 3.06. The standard InChI is InChI=1S/C25H26N10O3.C10H22O4.C8H19NO3/c1-2-37-8-6-20(36)34-7-5-16-15(11-34)10-28-19(31-16)12-35-24-21(23(26)29-13-30-24)22(33-35)14-3-4-18-17(9-14)32-25(27)38-18;1-3-11-5-7-13-9-10-14-8-6-12-4-2;1-2-10-5-6-12-8-7-11-4-3-9/h3-4,9-10,13H,2,5-8,11-12H2,1H3,(H2,27,32)(H2,26,29,30);3-10H2,1-2H3;2-9H2,1H3. The number of ether oxygens (including phenoxy) is 8. The van der Waals surface area contributed by atoms with Crippen LogP contribution in [0, 0.1) is 0 Å². The number of carbonyl (C=O) groups is 1. The zero-order valence-corrected chi connectivity index (χ0v) is 37.8. The molecule has 1 aliphatic heterocycles. The fraction of sp³-hybridized carbons (Fsp3) is 0.605. The quantitative estimate of drug-likeness (QED) is 0.0639. The molecule has 0 bridgehead atoms. The van der Waals surface area contributed by atoms with E-state index in [1.165, 1.54) is 6.33 Å². The largest absolute Gasteiger partial charge is 0.424 e. The van der Waals surface area contributed by atoms with Crippen molar-refractivity contribution in [2.75, 3.05) is 130 Å². The van der Waals surface area contributed by atoms with E-state index >= 15 is 0 Å². The first-order valence-electron chi connectivity index (χ1n) is 21.9. The third-order valence-electron chi connectivity index (χ3n) is 9.26. The van der Waals surface area contributed by atoms with E-state index in [9.17, 15) is 4.79 Å². The lowest BCUT2D eigenvalue weighted by molar-refractivity contribution is -0.133. The van der Waals surface area contributed by atoms with Gasteiger partial charge in [0.05, 0.1) is 96.8 Å². The first kappa shape index (κ1) is 51.7. The van der Waals surface area contributed by atoms with Gasteiger partial charge in [0.2, 0.25) is 5.91 Å². The van der Waals surface area contributed by atoms with Gasteiger partial charge in [0.25, 0.3) is 6.01 Å². The van der Waals surface area contributed by atoms with E-state index in [1.807, 2.05) is 44.7 Å². The number of amides is 1. The number of anilines is 2. The predicted molar refractivity (Wildman–Crippen MR) is 240 cm³/mol. The number of carbonyl (C=O) groups excluding carboxylic acids is 1. The second-order valence-corrected chi connectivity index (χ2v) is 13.8. The Bertz CT molecular complexity index is 2050. The van der Waals surface area contributed by atoms with E-state index in [0.29, 0.717) is 158 Å². The van der Waals surface area contributed by atoms with Gasteiger partial charge in [-0.05, 0) is 45.9 Å². The first-order chi connectivity index (χ1) is 31.3. The van der Waals surface area contributed by atoms with Crippen molar-refractivity contribution in [3.63, 3.8) is 0 Å². The Balaban J connectivity index is 0.000000285. The van der Waals surface area contributed by atoms with Gasteiger partial charge in [-0.2, -0.15) is 10.1 Å². The smallest absolute Gasteiger partial charge is 0.292 e. The lowest BCUT2D eigenvalue weighted by Crippen LogP contribution is -2.37. The van der Waals surface area contributed by atoms with E-state index < -0.39 is 0 Å². The average Bonchev–Trinajstić information content (AvgIpc) is 3.87. The van der Waals surface area contributed by atoms with Crippen LogP contribution in [0.1, 0.15) is 51.2 Å². The summed E-state index contributed by atoms with van der Waals surface area (Å²) in [5.41, 5.74) is 22.2. The number of rotatable bonds is 27. The Morgan fingerprint density at radius 1 is 0.734 bits per heavy atom. The molecule has 0 unspecified atom stereocenters. The minimum absolute atomic E-state index is 0.0764. The molecule has 0 aliphatic carbocycles. The van der Waals surface area contributed by atoms with Crippen molar-refractivity contribution in [3.05, 3.63) is 47.8 Å². The Kier molecular flexibility index (Phi) is 24.4. The van der Waals surface area contributed by atoms with Crippen molar-refractivity contribution in [2.24, 2.45) is 5.73 Å². The summed E-state index contributed by atoms with van der Waals surface area (Å²) in [6.07, 6.45) is 4.23. The molecule has 21 heteroatoms. The fourth-order valence-corrected chi connectivity index (χ4v) is 6.19. The monoisotopic (exact) mass is 898 g/mol. The van der Waals surface area contributed by atoms with Crippen LogP contribution in [0.4, 0.5) is 11.8 Å². The normalized spacial score (nSPS) is 12.2. The number of oxazole rings is 1. The summed E-state index contributed by atoms with van der Waals surface area (Å²) in [5.74, 6) is 0.983. The van der Waals surface area contributed by atoms with Crippen LogP contribution < -0.4 is 17.2 Å². The van der Waals surface area contributed by atoms with Gasteiger partial charge in [-0.1, -0.05) is 0 Å². The molecular weight excluding hydrogens is 831 g/mol. The van der Waals surface area contributed by atoms with Crippen molar-refractivity contribution in [3.8, 4) is 11.3 Å². The minimum Gasteiger partial charge on any atom is -0.424 e. The number of hydrogen-bond donors (Lipinski definition) is 3. The number of hydrogen-bond acceptors (Lipinski definition) is 19. The van der Waals surface area contributed by atoms with Gasteiger partial charge in [0.1, 0.15) is 35.7 Å². The van der Waals surface area contributed by atoms with Crippen LogP contribution >= 0.6 is 0 Å². The van der Waals surface area contributed by atoms with Crippen molar-refractivity contribution in [2.45, 2.75) is 53.6 Å². The highest BCUT2D eigenvalue weighted by Crippen LogP contribution is 2.32. The molecule has 354 valence electrons. The van der Waals surface area contributed by atoms with Crippen LogP contribution in [0.2, 0.25) is 0 Å². The fourth-order valence-electron chi connectivity index (χ4n) is 6.19. The number of benzene rings is 1. The molecule has 0 fully saturated rings. The molecule has 6 rings (SSSR count). The Labute approximate surface area is 374 Å². The van der Waals surface area contributed by atoms with Crippen molar-refractivity contribution < 1.29 is 47.1 Å². The molecule has 1 aromatic carbocycles. The molecular formula is C43H67N11O10. The summed E-state index contributed by atoms with van der Waals surface area (Å²) in [5, 5.41) is 5.44. The summed E-state index contributed by atoms with van der Waals surface area (Å²) in [6, 6.07) is 5.58. The second kappa shape index (κ2) is 30.2. The summed E-state index contributed by atoms with van der Waals surface area (Å²) < 4.78 is 48.5. The molecule has 21 nitrogen and oxygen atoms in total. The summed E-state index contributed by atoms with van der Waals surface area (Å²) in [4.78, 5) is 36.5. The average molecular weight is 898 g/mol. The maximum atomic E-state index is 12.5. The maximum Gasteiger partial charge on any atom is 0.292 e. The van der Waals surface area contributed by atoms with Crippen LogP contribution in [-0.2, 0) is 62.2 Å². The van der Waals surface area contributed by atoms with Gasteiger partial charge in [-0.3, -0.25) is 4.79 Å². The molecule has 5 heterocycles. The topological polar surface area (TPSA) is 268 Å². The lowest BCUT2D eigenvalue weighted by atomic mass is 10.1. The van der Waals surface area contributed by atoms with Gasteiger partial charge in [-0.25, -0.2) is 24.6 Å². The number of nitrogen functional groups attached to an aromatic ring is 2. The van der Waals surface area contributed by atoms with Gasteiger partial charge in [0, 0.05) is 69.8 Å². The van der Waals surface area contributed by atoms with Crippen molar-refractivity contribution >= 4 is 39.9 Å². The summed E-state index contributed by atoms with van der Waals surface area (Å²) in [7, 11) is 0. The molecule has 0 atom stereocenters. The van der Waals surface area contributed by atoms with Crippen LogP contribution in [0.5, 0.6) is 0 Å². The van der Waals surface area contributed by atoms with E-state index in [2.05, 4.69) is 19.9 Å². The highest BCUT2D eigenvalue weighted by Gasteiger charge is 2.23. The van der Waals surface area contributed by atoms with E-state index in [0.717, 1.165) is 36.6 Å². The van der Waals surface area contributed by atoms with E-state index in [4.69, 9.17) is 69.6 Å². The number of fused-ring (bicyclic) bond motifs is 3. The molecule has 6 N–H and O–H groups in total. The Hall–Kier alpha value is -4.97. The molecule has 4 aromatic heterocycles. The van der Waals surface area contributed by atoms with E-state index in [-0.39, 0.29) is 18.5 Å². The van der Waals surface area contributed by atoms with Gasteiger partial charge in [-0.15, -0.1) is 0 Å². The van der Waals surface area contributed by atoms with Crippen LogP contribution in [0.25, 0.3) is 33.4 Å². The highest BCUT2D eigenvalue weighted by atomic mass is 16.6. The molecule has 0 radical (unpaired) electrons. The third-order valence-corrected chi connectivity index (χ3v) is 9.26.